The molecule has 6 nitrogen and oxygen atoms in total. The molecule has 0 aliphatic rings. The van der Waals surface area contributed by atoms with E-state index in [0.717, 1.165) is 0 Å². The normalized spacial score (nSPS) is 9.85. The van der Waals surface area contributed by atoms with Crippen LogP contribution in [0.3, 0.4) is 0 Å². The van der Waals surface area contributed by atoms with Gasteiger partial charge in [0.05, 0.1) is 6.42 Å². The Morgan fingerprint density at radius 2 is 2.08 bits per heavy atom. The number of carboxylic acids is 1. The van der Waals surface area contributed by atoms with E-state index in [2.05, 4.69) is 9.97 Å². The summed E-state index contributed by atoms with van der Waals surface area (Å²) in [6.07, 6.45) is 0.891. The van der Waals surface area contributed by atoms with E-state index < -0.39 is 11.7 Å². The van der Waals surface area contributed by atoms with Gasteiger partial charge in [-0.2, -0.15) is 0 Å². The number of hydrogen-bond donors (Lipinski definition) is 3. The molecule has 13 heavy (non-hydrogen) atoms. The van der Waals surface area contributed by atoms with Crippen molar-refractivity contribution in [2.24, 2.45) is 0 Å². The van der Waals surface area contributed by atoms with Crippen molar-refractivity contribution < 1.29 is 14.7 Å². The highest BCUT2D eigenvalue weighted by atomic mass is 16.4. The summed E-state index contributed by atoms with van der Waals surface area (Å²) in [6, 6.07) is 0. The Labute approximate surface area is 72.6 Å². The molecule has 0 spiro atoms. The van der Waals surface area contributed by atoms with Crippen molar-refractivity contribution in [2.75, 3.05) is 0 Å². The van der Waals surface area contributed by atoms with Crippen LogP contribution in [0.5, 0.6) is 0 Å². The van der Waals surface area contributed by atoms with E-state index in [-0.39, 0.29) is 24.3 Å². The lowest BCUT2D eigenvalue weighted by atomic mass is 10.2. The first-order chi connectivity index (χ1) is 6.09. The predicted octanol–water partition coefficient (Wildman–Crippen LogP) is -0.249. The van der Waals surface area contributed by atoms with Crippen LogP contribution in [-0.2, 0) is 4.79 Å². The van der Waals surface area contributed by atoms with Crippen molar-refractivity contribution >= 4 is 11.8 Å². The van der Waals surface area contributed by atoms with Gasteiger partial charge in [-0.1, -0.05) is 0 Å². The maximum atomic E-state index is 11.1. The fourth-order valence-electron chi connectivity index (χ4n) is 0.838. The van der Waals surface area contributed by atoms with E-state index >= 15 is 0 Å². The lowest BCUT2D eigenvalue weighted by Crippen LogP contribution is -2.07. The van der Waals surface area contributed by atoms with Crippen LogP contribution in [0.25, 0.3) is 0 Å². The molecule has 0 aliphatic heterocycles. The Morgan fingerprint density at radius 3 is 2.54 bits per heavy atom. The van der Waals surface area contributed by atoms with E-state index in [9.17, 15) is 14.4 Å². The predicted molar refractivity (Wildman–Crippen MR) is 42.6 cm³/mol. The molecule has 0 atom stereocenters. The summed E-state index contributed by atoms with van der Waals surface area (Å²) in [4.78, 5) is 36.3. The average Bonchev–Trinajstić information content (AvgIpc) is 2.47. The number of rotatable bonds is 4. The van der Waals surface area contributed by atoms with Gasteiger partial charge in [-0.3, -0.25) is 9.59 Å². The van der Waals surface area contributed by atoms with Gasteiger partial charge in [0, 0.05) is 12.6 Å². The molecule has 3 N–H and O–H groups in total. The monoisotopic (exact) mass is 184 g/mol. The quantitative estimate of drug-likeness (QED) is 0.561. The second kappa shape index (κ2) is 3.70. The van der Waals surface area contributed by atoms with Crippen LogP contribution in [0.4, 0.5) is 0 Å². The SMILES string of the molecule is O=C(O)CCC(=O)c1c[nH]c(=O)[nH]1. The third-order valence-electron chi connectivity index (χ3n) is 1.46. The van der Waals surface area contributed by atoms with Crippen LogP contribution < -0.4 is 5.69 Å². The highest BCUT2D eigenvalue weighted by molar-refractivity contribution is 5.95. The lowest BCUT2D eigenvalue weighted by molar-refractivity contribution is -0.136. The fraction of sp³-hybridized carbons (Fsp3) is 0.286. The molecule has 0 aromatic carbocycles. The van der Waals surface area contributed by atoms with Gasteiger partial charge >= 0.3 is 11.7 Å². The molecule has 0 amide bonds. The highest BCUT2D eigenvalue weighted by Crippen LogP contribution is 1.98. The zero-order valence-electron chi connectivity index (χ0n) is 6.66. The van der Waals surface area contributed by atoms with Gasteiger partial charge in [0.1, 0.15) is 5.69 Å². The maximum absolute atomic E-state index is 11.1. The molecule has 0 saturated heterocycles. The number of H-pyrrole nitrogens is 2. The van der Waals surface area contributed by atoms with E-state index in [1.54, 1.807) is 0 Å². The Hall–Kier alpha value is -1.85. The number of carboxylic acid groups (broad SMARTS) is 1. The van der Waals surface area contributed by atoms with Crippen molar-refractivity contribution in [1.29, 1.82) is 0 Å². The summed E-state index contributed by atoms with van der Waals surface area (Å²) in [5.41, 5.74) is -0.357. The fourth-order valence-corrected chi connectivity index (χ4v) is 0.838. The number of hydrogen-bond acceptors (Lipinski definition) is 3. The first kappa shape index (κ1) is 9.24. The summed E-state index contributed by atoms with van der Waals surface area (Å²) in [6.45, 7) is 0. The molecule has 0 fully saturated rings. The second-order valence-electron chi connectivity index (χ2n) is 2.47. The minimum Gasteiger partial charge on any atom is -0.481 e. The Morgan fingerprint density at radius 1 is 1.38 bits per heavy atom. The van der Waals surface area contributed by atoms with Crippen LogP contribution in [0.15, 0.2) is 11.0 Å². The lowest BCUT2D eigenvalue weighted by Gasteiger charge is -1.92. The van der Waals surface area contributed by atoms with Gasteiger partial charge < -0.3 is 15.1 Å². The highest BCUT2D eigenvalue weighted by Gasteiger charge is 2.09. The number of aliphatic carboxylic acids is 1. The summed E-state index contributed by atoms with van der Waals surface area (Å²) in [5.74, 6) is -1.42. The molecule has 0 radical (unpaired) electrons. The minimum absolute atomic E-state index is 0.108. The van der Waals surface area contributed by atoms with E-state index in [4.69, 9.17) is 5.11 Å². The number of carbonyl (C=O) groups excluding carboxylic acids is 1. The molecule has 70 valence electrons. The Balaban J connectivity index is 2.59. The average molecular weight is 184 g/mol. The molecule has 1 heterocycles. The third kappa shape index (κ3) is 2.58. The summed E-state index contributed by atoms with van der Waals surface area (Å²) in [7, 11) is 0. The van der Waals surface area contributed by atoms with Crippen LogP contribution in [0.2, 0.25) is 0 Å². The van der Waals surface area contributed by atoms with E-state index in [1.807, 2.05) is 0 Å². The van der Waals surface area contributed by atoms with Gasteiger partial charge in [-0.25, -0.2) is 4.79 Å². The molecule has 0 bridgehead atoms. The van der Waals surface area contributed by atoms with Crippen molar-refractivity contribution in [3.8, 4) is 0 Å². The summed E-state index contributed by atoms with van der Waals surface area (Å²) in [5, 5.41) is 8.28. The van der Waals surface area contributed by atoms with Crippen molar-refractivity contribution in [1.82, 2.24) is 9.97 Å². The van der Waals surface area contributed by atoms with E-state index in [1.165, 1.54) is 6.20 Å². The van der Waals surface area contributed by atoms with Crippen LogP contribution >= 0.6 is 0 Å². The van der Waals surface area contributed by atoms with Crippen LogP contribution in [-0.4, -0.2) is 26.8 Å². The number of nitrogens with one attached hydrogen (secondary N) is 2. The summed E-state index contributed by atoms with van der Waals surface area (Å²) < 4.78 is 0. The molecule has 6 heteroatoms. The molecule has 1 rings (SSSR count). The molecular weight excluding hydrogens is 176 g/mol. The molecule has 1 aromatic heterocycles. The number of imidazole rings is 1. The van der Waals surface area contributed by atoms with Crippen molar-refractivity contribution in [2.45, 2.75) is 12.8 Å². The van der Waals surface area contributed by atoms with Crippen molar-refractivity contribution in [3.63, 3.8) is 0 Å². The Kier molecular flexibility index (Phi) is 2.63. The van der Waals surface area contributed by atoms with Crippen LogP contribution in [0, 0.1) is 0 Å². The van der Waals surface area contributed by atoms with E-state index in [0.29, 0.717) is 0 Å². The maximum Gasteiger partial charge on any atom is 0.323 e. The number of aromatic nitrogens is 2. The summed E-state index contributed by atoms with van der Waals surface area (Å²) >= 11 is 0. The number of ketones is 1. The molecule has 1 aromatic rings. The smallest absolute Gasteiger partial charge is 0.323 e. The molecular formula is C7H8N2O4. The topological polar surface area (TPSA) is 103 Å². The molecule has 0 unspecified atom stereocenters. The van der Waals surface area contributed by atoms with Gasteiger partial charge in [0.2, 0.25) is 0 Å². The third-order valence-corrected chi connectivity index (χ3v) is 1.46. The first-order valence-electron chi connectivity index (χ1n) is 3.62. The molecule has 0 aliphatic carbocycles. The number of carbonyl (C=O) groups is 2. The van der Waals surface area contributed by atoms with Gasteiger partial charge in [-0.05, 0) is 0 Å². The number of Topliss-reactive ketones (excluding diaryl/α,β-unsaturated/α-hetero) is 1. The standard InChI is InChI=1S/C7H8N2O4/c10-5(1-2-6(11)12)4-3-8-7(13)9-4/h3H,1-2H2,(H,11,12)(H2,8,9,13). The van der Waals surface area contributed by atoms with Crippen LogP contribution in [0.1, 0.15) is 23.3 Å². The Bertz CT molecular complexity index is 376. The second-order valence-corrected chi connectivity index (χ2v) is 2.47. The van der Waals surface area contributed by atoms with Gasteiger partial charge in [0.25, 0.3) is 0 Å². The zero-order chi connectivity index (χ0) is 9.84. The molecule has 0 saturated carbocycles. The van der Waals surface area contributed by atoms with Gasteiger partial charge in [0.15, 0.2) is 5.78 Å². The minimum atomic E-state index is -1.04. The first-order valence-corrected chi connectivity index (χ1v) is 3.62. The van der Waals surface area contributed by atoms with Crippen molar-refractivity contribution in [3.05, 3.63) is 22.4 Å². The number of aromatic amines is 2. The largest absolute Gasteiger partial charge is 0.481 e. The zero-order valence-corrected chi connectivity index (χ0v) is 6.66. The van der Waals surface area contributed by atoms with Gasteiger partial charge in [-0.15, -0.1) is 0 Å².